The molecule has 1 rings (SSSR count). The quantitative estimate of drug-likeness (QED) is 0.260. The lowest BCUT2D eigenvalue weighted by Crippen LogP contribution is -2.56. The van der Waals surface area contributed by atoms with E-state index in [0.29, 0.717) is 45.2 Å². The first-order valence-electron chi connectivity index (χ1n) is 10.3. The zero-order chi connectivity index (χ0) is 22.0. The molecule has 0 bridgehead atoms. The summed E-state index contributed by atoms with van der Waals surface area (Å²) in [5.74, 6) is -2.41. The highest BCUT2D eigenvalue weighted by atomic mass is 16.4. The fourth-order valence-electron chi connectivity index (χ4n) is 3.31. The smallest absolute Gasteiger partial charge is 0.322 e. The van der Waals surface area contributed by atoms with E-state index in [4.69, 9.17) is 16.6 Å². The molecular formula is C19H35N5O5. The molecular weight excluding hydrogens is 378 g/mol. The van der Waals surface area contributed by atoms with Gasteiger partial charge in [0.15, 0.2) is 0 Å². The van der Waals surface area contributed by atoms with Crippen LogP contribution in [0.3, 0.4) is 0 Å². The molecule has 1 aliphatic rings. The van der Waals surface area contributed by atoms with E-state index in [0.717, 1.165) is 6.42 Å². The van der Waals surface area contributed by atoms with Gasteiger partial charge in [-0.3, -0.25) is 19.2 Å². The van der Waals surface area contributed by atoms with Crippen LogP contribution in [-0.4, -0.2) is 71.5 Å². The van der Waals surface area contributed by atoms with E-state index in [2.05, 4.69) is 10.6 Å². The summed E-state index contributed by atoms with van der Waals surface area (Å²) in [6, 6.07) is -2.23. The summed E-state index contributed by atoms with van der Waals surface area (Å²) in [7, 11) is 0. The summed E-state index contributed by atoms with van der Waals surface area (Å²) in [5, 5.41) is 13.7. The lowest BCUT2D eigenvalue weighted by molar-refractivity contribution is -0.141. The minimum absolute atomic E-state index is 0.00220. The van der Waals surface area contributed by atoms with Crippen molar-refractivity contribution in [1.29, 1.82) is 0 Å². The molecule has 0 aromatic carbocycles. The number of unbranched alkanes of at least 4 members (excludes halogenated alkanes) is 1. The molecule has 10 heteroatoms. The van der Waals surface area contributed by atoms with Crippen LogP contribution in [0, 0.1) is 5.92 Å². The van der Waals surface area contributed by atoms with Crippen molar-refractivity contribution in [2.75, 3.05) is 19.6 Å². The molecule has 0 spiro atoms. The molecule has 29 heavy (non-hydrogen) atoms. The number of nitrogens with two attached hydrogens (primary N) is 2. The summed E-state index contributed by atoms with van der Waals surface area (Å²) >= 11 is 0. The normalized spacial score (nSPS) is 19.3. The SMILES string of the molecule is CCC(C)C(N)C(=O)N1CCCC1C(=O)NC(CCCCN)C(=O)NCC(=O)O. The maximum Gasteiger partial charge on any atom is 0.322 e. The number of carbonyl (C=O) groups excluding carboxylic acids is 3. The second-order valence-corrected chi connectivity index (χ2v) is 7.56. The van der Waals surface area contributed by atoms with Crippen LogP contribution >= 0.6 is 0 Å². The first-order valence-corrected chi connectivity index (χ1v) is 10.3. The zero-order valence-corrected chi connectivity index (χ0v) is 17.4. The summed E-state index contributed by atoms with van der Waals surface area (Å²) in [4.78, 5) is 50.1. The Hall–Kier alpha value is -2.20. The highest BCUT2D eigenvalue weighted by Crippen LogP contribution is 2.21. The third-order valence-electron chi connectivity index (χ3n) is 5.37. The summed E-state index contributed by atoms with van der Waals surface area (Å²) < 4.78 is 0. The number of nitrogens with one attached hydrogen (secondary N) is 2. The molecule has 1 heterocycles. The van der Waals surface area contributed by atoms with Crippen molar-refractivity contribution >= 4 is 23.7 Å². The van der Waals surface area contributed by atoms with Crippen LogP contribution < -0.4 is 22.1 Å². The Labute approximate surface area is 171 Å². The predicted octanol–water partition coefficient (Wildman–Crippen LogP) is -0.835. The minimum Gasteiger partial charge on any atom is -0.480 e. The van der Waals surface area contributed by atoms with Gasteiger partial charge in [0, 0.05) is 6.54 Å². The summed E-state index contributed by atoms with van der Waals surface area (Å²) in [5.41, 5.74) is 11.5. The van der Waals surface area contributed by atoms with Crippen LogP contribution in [0.1, 0.15) is 52.4 Å². The van der Waals surface area contributed by atoms with E-state index < -0.39 is 42.5 Å². The molecule has 7 N–H and O–H groups in total. The van der Waals surface area contributed by atoms with Gasteiger partial charge in [0.2, 0.25) is 17.7 Å². The molecule has 3 amide bonds. The van der Waals surface area contributed by atoms with Gasteiger partial charge in [0.25, 0.3) is 0 Å². The fourth-order valence-corrected chi connectivity index (χ4v) is 3.31. The average molecular weight is 414 g/mol. The Balaban J connectivity index is 2.80. The molecule has 0 saturated carbocycles. The lowest BCUT2D eigenvalue weighted by Gasteiger charge is -2.30. The van der Waals surface area contributed by atoms with E-state index in [1.807, 2.05) is 13.8 Å². The van der Waals surface area contributed by atoms with Crippen LogP contribution in [0.15, 0.2) is 0 Å². The standard InChI is InChI=1S/C19H35N5O5/c1-3-12(2)16(21)19(29)24-10-6-8-14(24)18(28)23-13(7-4-5-9-20)17(27)22-11-15(25)26/h12-14,16H,3-11,20-21H2,1-2H3,(H,22,27)(H,23,28)(H,25,26). The van der Waals surface area contributed by atoms with Gasteiger partial charge in [-0.05, 0) is 44.6 Å². The average Bonchev–Trinajstić information content (AvgIpc) is 3.19. The number of amides is 3. The third-order valence-corrected chi connectivity index (χ3v) is 5.37. The van der Waals surface area contributed by atoms with E-state index in [1.54, 1.807) is 0 Å². The van der Waals surface area contributed by atoms with Crippen LogP contribution in [0.25, 0.3) is 0 Å². The molecule has 10 nitrogen and oxygen atoms in total. The number of hydrogen-bond acceptors (Lipinski definition) is 6. The first-order chi connectivity index (χ1) is 13.7. The monoisotopic (exact) mass is 413 g/mol. The molecule has 0 aliphatic carbocycles. The van der Waals surface area contributed by atoms with Crippen LogP contribution in [0.4, 0.5) is 0 Å². The zero-order valence-electron chi connectivity index (χ0n) is 17.4. The minimum atomic E-state index is -1.17. The molecule has 166 valence electrons. The van der Waals surface area contributed by atoms with Gasteiger partial charge in [-0.2, -0.15) is 0 Å². The van der Waals surface area contributed by atoms with Gasteiger partial charge >= 0.3 is 5.97 Å². The Morgan fingerprint density at radius 3 is 2.52 bits per heavy atom. The van der Waals surface area contributed by atoms with Crippen LogP contribution in [-0.2, 0) is 19.2 Å². The van der Waals surface area contributed by atoms with Crippen molar-refractivity contribution in [3.8, 4) is 0 Å². The van der Waals surface area contributed by atoms with Crippen LogP contribution in [0.2, 0.25) is 0 Å². The number of likely N-dealkylation sites (tertiary alicyclic amines) is 1. The fraction of sp³-hybridized carbons (Fsp3) is 0.789. The maximum atomic E-state index is 12.8. The molecule has 0 radical (unpaired) electrons. The molecule has 0 aromatic heterocycles. The van der Waals surface area contributed by atoms with Gasteiger partial charge in [-0.1, -0.05) is 20.3 Å². The van der Waals surface area contributed by atoms with Gasteiger partial charge in [0.1, 0.15) is 18.6 Å². The van der Waals surface area contributed by atoms with Crippen LogP contribution in [0.5, 0.6) is 0 Å². The number of carboxylic acid groups (broad SMARTS) is 1. The van der Waals surface area contributed by atoms with Crippen molar-refractivity contribution < 1.29 is 24.3 Å². The number of carbonyl (C=O) groups is 4. The van der Waals surface area contributed by atoms with Gasteiger partial charge in [-0.15, -0.1) is 0 Å². The lowest BCUT2D eigenvalue weighted by atomic mass is 9.98. The maximum absolute atomic E-state index is 12.8. The van der Waals surface area contributed by atoms with E-state index in [9.17, 15) is 19.2 Å². The molecule has 4 atom stereocenters. The van der Waals surface area contributed by atoms with Crippen molar-refractivity contribution in [2.45, 2.75) is 70.5 Å². The first kappa shape index (κ1) is 24.8. The Kier molecular flexibility index (Phi) is 10.6. The second kappa shape index (κ2) is 12.4. The number of carboxylic acids is 1. The van der Waals surface area contributed by atoms with E-state index in [1.165, 1.54) is 4.90 Å². The molecule has 4 unspecified atom stereocenters. The highest BCUT2D eigenvalue weighted by molar-refractivity contribution is 5.94. The van der Waals surface area contributed by atoms with E-state index >= 15 is 0 Å². The molecule has 1 aliphatic heterocycles. The second-order valence-electron chi connectivity index (χ2n) is 7.56. The Morgan fingerprint density at radius 2 is 1.93 bits per heavy atom. The predicted molar refractivity (Wildman–Crippen MR) is 108 cm³/mol. The van der Waals surface area contributed by atoms with Crippen molar-refractivity contribution in [3.05, 3.63) is 0 Å². The third kappa shape index (κ3) is 7.62. The van der Waals surface area contributed by atoms with E-state index in [-0.39, 0.29) is 11.8 Å². The molecule has 1 fully saturated rings. The number of rotatable bonds is 12. The molecule has 1 saturated heterocycles. The van der Waals surface area contributed by atoms with Gasteiger partial charge in [0.05, 0.1) is 6.04 Å². The number of aliphatic carboxylic acids is 1. The van der Waals surface area contributed by atoms with Gasteiger partial charge in [-0.25, -0.2) is 0 Å². The van der Waals surface area contributed by atoms with Crippen molar-refractivity contribution in [1.82, 2.24) is 15.5 Å². The Bertz CT molecular complexity index is 585. The van der Waals surface area contributed by atoms with Crippen molar-refractivity contribution in [2.24, 2.45) is 17.4 Å². The Morgan fingerprint density at radius 1 is 1.24 bits per heavy atom. The largest absolute Gasteiger partial charge is 0.480 e. The number of hydrogen-bond donors (Lipinski definition) is 5. The summed E-state index contributed by atoms with van der Waals surface area (Å²) in [6.45, 7) is 4.22. The topological polar surface area (TPSA) is 168 Å². The highest BCUT2D eigenvalue weighted by Gasteiger charge is 2.38. The summed E-state index contributed by atoms with van der Waals surface area (Å²) in [6.07, 6.45) is 3.55. The van der Waals surface area contributed by atoms with Crippen molar-refractivity contribution in [3.63, 3.8) is 0 Å². The van der Waals surface area contributed by atoms with Gasteiger partial charge < -0.3 is 32.1 Å². The number of nitrogens with zero attached hydrogens (tertiary/aromatic N) is 1. The molecule has 0 aromatic rings.